The van der Waals surface area contributed by atoms with Gasteiger partial charge < -0.3 is 9.84 Å². The first-order chi connectivity index (χ1) is 8.61. The summed E-state index contributed by atoms with van der Waals surface area (Å²) in [5, 5.41) is 13.7. The second-order valence-electron chi connectivity index (χ2n) is 4.33. The lowest BCUT2D eigenvalue weighted by Crippen LogP contribution is -2.20. The molecule has 1 aromatic rings. The third-order valence-electron chi connectivity index (χ3n) is 2.88. The lowest BCUT2D eigenvalue weighted by Gasteiger charge is -2.07. The van der Waals surface area contributed by atoms with Gasteiger partial charge in [-0.05, 0) is 38.0 Å². The number of carbonyl (C=O) groups excluding carboxylic acids is 1. The van der Waals surface area contributed by atoms with Gasteiger partial charge in [-0.25, -0.2) is 5.43 Å². The Labute approximate surface area is 105 Å². The molecule has 1 fully saturated rings. The van der Waals surface area contributed by atoms with E-state index in [0.29, 0.717) is 17.0 Å². The Balaban J connectivity index is 2.13. The van der Waals surface area contributed by atoms with Gasteiger partial charge in [-0.3, -0.25) is 4.79 Å². The number of amides is 1. The number of nitrogens with one attached hydrogen (secondary N) is 1. The van der Waals surface area contributed by atoms with Gasteiger partial charge in [0.2, 0.25) is 5.91 Å². The standard InChI is InChI=1S/C13H16N2O3/c1-8(14-15-13(17)9-3-4-9)11-7-10(18-2)5-6-12(11)16/h5-7,9,16H,3-4H2,1-2H3,(H,15,17)/b14-8+. The van der Waals surface area contributed by atoms with Crippen LogP contribution in [-0.2, 0) is 4.79 Å². The first kappa shape index (κ1) is 12.4. The van der Waals surface area contributed by atoms with Crippen molar-refractivity contribution in [3.63, 3.8) is 0 Å². The molecule has 0 radical (unpaired) electrons. The Hall–Kier alpha value is -2.04. The van der Waals surface area contributed by atoms with Crippen LogP contribution in [0.4, 0.5) is 0 Å². The average Bonchev–Trinajstić information content (AvgIpc) is 3.20. The third-order valence-corrected chi connectivity index (χ3v) is 2.88. The van der Waals surface area contributed by atoms with E-state index in [9.17, 15) is 9.90 Å². The van der Waals surface area contributed by atoms with Crippen molar-refractivity contribution in [1.82, 2.24) is 5.43 Å². The second-order valence-corrected chi connectivity index (χ2v) is 4.33. The Kier molecular flexibility index (Phi) is 3.50. The number of nitrogens with zero attached hydrogens (tertiary/aromatic N) is 1. The summed E-state index contributed by atoms with van der Waals surface area (Å²) in [5.41, 5.74) is 3.59. The van der Waals surface area contributed by atoms with Gasteiger partial charge in [-0.2, -0.15) is 5.10 Å². The molecule has 1 amide bonds. The number of phenolic OH excluding ortho intramolecular Hbond substituents is 1. The highest BCUT2D eigenvalue weighted by molar-refractivity contribution is 6.01. The van der Waals surface area contributed by atoms with Crippen molar-refractivity contribution in [3.8, 4) is 11.5 Å². The monoisotopic (exact) mass is 248 g/mol. The minimum atomic E-state index is -0.0586. The summed E-state index contributed by atoms with van der Waals surface area (Å²) >= 11 is 0. The van der Waals surface area contributed by atoms with E-state index in [2.05, 4.69) is 10.5 Å². The van der Waals surface area contributed by atoms with Crippen LogP contribution in [0.25, 0.3) is 0 Å². The lowest BCUT2D eigenvalue weighted by molar-refractivity contribution is -0.122. The van der Waals surface area contributed by atoms with Gasteiger partial charge in [0.15, 0.2) is 0 Å². The smallest absolute Gasteiger partial charge is 0.243 e. The average molecular weight is 248 g/mol. The Morgan fingerprint density at radius 3 is 2.83 bits per heavy atom. The Bertz CT molecular complexity index is 493. The maximum Gasteiger partial charge on any atom is 0.243 e. The molecular weight excluding hydrogens is 232 g/mol. The van der Waals surface area contributed by atoms with Gasteiger partial charge in [0.05, 0.1) is 12.8 Å². The van der Waals surface area contributed by atoms with Gasteiger partial charge in [0.1, 0.15) is 11.5 Å². The molecule has 0 saturated heterocycles. The number of methoxy groups -OCH3 is 1. The maximum absolute atomic E-state index is 11.4. The minimum absolute atomic E-state index is 0.0586. The van der Waals surface area contributed by atoms with Crippen LogP contribution in [0.3, 0.4) is 0 Å². The molecule has 0 heterocycles. The molecule has 2 rings (SSSR count). The lowest BCUT2D eigenvalue weighted by atomic mass is 10.1. The van der Waals surface area contributed by atoms with Crippen molar-refractivity contribution in [2.75, 3.05) is 7.11 Å². The molecule has 0 spiro atoms. The zero-order valence-corrected chi connectivity index (χ0v) is 10.4. The molecule has 0 unspecified atom stereocenters. The van der Waals surface area contributed by atoms with Gasteiger partial charge in [-0.15, -0.1) is 0 Å². The van der Waals surface area contributed by atoms with Crippen molar-refractivity contribution < 1.29 is 14.6 Å². The van der Waals surface area contributed by atoms with Crippen LogP contribution < -0.4 is 10.2 Å². The predicted molar refractivity (Wildman–Crippen MR) is 67.7 cm³/mol. The Morgan fingerprint density at radius 1 is 1.50 bits per heavy atom. The molecule has 1 saturated carbocycles. The van der Waals surface area contributed by atoms with Crippen LogP contribution in [-0.4, -0.2) is 23.8 Å². The normalized spacial score (nSPS) is 15.3. The quantitative estimate of drug-likeness (QED) is 0.628. The highest BCUT2D eigenvalue weighted by Gasteiger charge is 2.29. The maximum atomic E-state index is 11.4. The van der Waals surface area contributed by atoms with Crippen LogP contribution in [0.2, 0.25) is 0 Å². The summed E-state index contributed by atoms with van der Waals surface area (Å²) in [6.07, 6.45) is 1.87. The molecule has 1 aliphatic carbocycles. The van der Waals surface area contributed by atoms with Crippen LogP contribution in [0.1, 0.15) is 25.3 Å². The van der Waals surface area contributed by atoms with E-state index in [-0.39, 0.29) is 17.6 Å². The summed E-state index contributed by atoms with van der Waals surface area (Å²) in [7, 11) is 1.55. The highest BCUT2D eigenvalue weighted by atomic mass is 16.5. The van der Waals surface area contributed by atoms with E-state index in [4.69, 9.17) is 4.74 Å². The largest absolute Gasteiger partial charge is 0.507 e. The molecule has 5 nitrogen and oxygen atoms in total. The van der Waals surface area contributed by atoms with Gasteiger partial charge in [0.25, 0.3) is 0 Å². The zero-order chi connectivity index (χ0) is 13.1. The van der Waals surface area contributed by atoms with Gasteiger partial charge >= 0.3 is 0 Å². The molecule has 0 aromatic heterocycles. The fourth-order valence-electron chi connectivity index (χ4n) is 1.57. The molecule has 5 heteroatoms. The fourth-order valence-corrected chi connectivity index (χ4v) is 1.57. The number of aromatic hydroxyl groups is 1. The van der Waals surface area contributed by atoms with E-state index in [1.807, 2.05) is 0 Å². The molecule has 1 aliphatic rings. The number of hydrogen-bond donors (Lipinski definition) is 2. The molecular formula is C13H16N2O3. The molecule has 0 atom stereocenters. The van der Waals surface area contributed by atoms with Crippen LogP contribution in [0.5, 0.6) is 11.5 Å². The van der Waals surface area contributed by atoms with Gasteiger partial charge in [0, 0.05) is 11.5 Å². The SMILES string of the molecule is COc1ccc(O)c(/C(C)=N/NC(=O)C2CC2)c1. The molecule has 1 aromatic carbocycles. The van der Waals surface area contributed by atoms with Crippen molar-refractivity contribution in [3.05, 3.63) is 23.8 Å². The number of benzene rings is 1. The highest BCUT2D eigenvalue weighted by Crippen LogP contribution is 2.28. The fraction of sp³-hybridized carbons (Fsp3) is 0.385. The molecule has 0 aliphatic heterocycles. The molecule has 2 N–H and O–H groups in total. The van der Waals surface area contributed by atoms with Crippen molar-refractivity contribution in [2.45, 2.75) is 19.8 Å². The van der Waals surface area contributed by atoms with Gasteiger partial charge in [-0.1, -0.05) is 0 Å². The van der Waals surface area contributed by atoms with E-state index in [1.165, 1.54) is 6.07 Å². The van der Waals surface area contributed by atoms with Crippen LogP contribution in [0, 0.1) is 5.92 Å². The predicted octanol–water partition coefficient (Wildman–Crippen LogP) is 1.65. The van der Waals surface area contributed by atoms with Crippen molar-refractivity contribution in [2.24, 2.45) is 11.0 Å². The van der Waals surface area contributed by atoms with E-state index < -0.39 is 0 Å². The summed E-state index contributed by atoms with van der Waals surface area (Å²) in [4.78, 5) is 11.4. The molecule has 96 valence electrons. The van der Waals surface area contributed by atoms with E-state index in [0.717, 1.165) is 12.8 Å². The Morgan fingerprint density at radius 2 is 2.22 bits per heavy atom. The van der Waals surface area contributed by atoms with E-state index in [1.54, 1.807) is 26.2 Å². The van der Waals surface area contributed by atoms with Crippen LogP contribution >= 0.6 is 0 Å². The number of phenols is 1. The minimum Gasteiger partial charge on any atom is -0.507 e. The summed E-state index contributed by atoms with van der Waals surface area (Å²) in [5.74, 6) is 0.792. The summed E-state index contributed by atoms with van der Waals surface area (Å²) < 4.78 is 5.08. The summed E-state index contributed by atoms with van der Waals surface area (Å²) in [6.45, 7) is 1.72. The number of hydrogen-bond acceptors (Lipinski definition) is 4. The number of rotatable bonds is 4. The number of ether oxygens (including phenoxy) is 1. The first-order valence-corrected chi connectivity index (χ1v) is 5.83. The number of carbonyl (C=O) groups is 1. The summed E-state index contributed by atoms with van der Waals surface area (Å²) in [6, 6.07) is 4.88. The molecule has 0 bridgehead atoms. The second kappa shape index (κ2) is 5.08. The first-order valence-electron chi connectivity index (χ1n) is 5.83. The zero-order valence-electron chi connectivity index (χ0n) is 10.4. The number of hydrazone groups is 1. The molecule has 18 heavy (non-hydrogen) atoms. The van der Waals surface area contributed by atoms with Crippen molar-refractivity contribution in [1.29, 1.82) is 0 Å². The van der Waals surface area contributed by atoms with Crippen molar-refractivity contribution >= 4 is 11.6 Å². The third kappa shape index (κ3) is 2.80. The van der Waals surface area contributed by atoms with E-state index >= 15 is 0 Å². The topological polar surface area (TPSA) is 70.9 Å². The van der Waals surface area contributed by atoms with Crippen LogP contribution in [0.15, 0.2) is 23.3 Å².